The van der Waals surface area contributed by atoms with Crippen LogP contribution in [0.4, 0.5) is 5.13 Å². The highest BCUT2D eigenvalue weighted by Crippen LogP contribution is 2.37. The van der Waals surface area contributed by atoms with Gasteiger partial charge in [0.1, 0.15) is 23.2 Å². The van der Waals surface area contributed by atoms with Crippen molar-refractivity contribution < 1.29 is 24.3 Å². The van der Waals surface area contributed by atoms with Gasteiger partial charge in [0.2, 0.25) is 11.5 Å². The van der Waals surface area contributed by atoms with Crippen molar-refractivity contribution in [2.45, 2.75) is 56.0 Å². The van der Waals surface area contributed by atoms with E-state index in [2.05, 4.69) is 19.8 Å². The molecule has 1 saturated carbocycles. The molecule has 3 heterocycles. The average Bonchev–Trinajstić information content (AvgIpc) is 3.01. The van der Waals surface area contributed by atoms with Crippen molar-refractivity contribution in [1.29, 1.82) is 0 Å². The van der Waals surface area contributed by atoms with Crippen LogP contribution in [-0.2, 0) is 19.2 Å². The molecule has 31 heavy (non-hydrogen) atoms. The lowest BCUT2D eigenvalue weighted by Crippen LogP contribution is -2.70. The van der Waals surface area contributed by atoms with E-state index >= 15 is 0 Å². The molecule has 0 spiro atoms. The van der Waals surface area contributed by atoms with Crippen LogP contribution in [0.2, 0.25) is 0 Å². The first-order valence-corrected chi connectivity index (χ1v) is 11.8. The number of fused-ring (bicyclic) bond motifs is 1. The smallest absolute Gasteiger partial charge is 0.352 e. The number of nitrogens with two attached hydrogens (primary N) is 1. The van der Waals surface area contributed by atoms with Gasteiger partial charge < -0.3 is 21.0 Å². The zero-order valence-electron chi connectivity index (χ0n) is 16.5. The first-order chi connectivity index (χ1) is 15.0. The van der Waals surface area contributed by atoms with Crippen LogP contribution in [-0.4, -0.2) is 66.1 Å². The maximum absolute atomic E-state index is 13.0. The van der Waals surface area contributed by atoms with Gasteiger partial charge in [-0.3, -0.25) is 14.5 Å². The molecular weight excluding hydrogens is 444 g/mol. The minimum atomic E-state index is -1.18. The van der Waals surface area contributed by atoms with E-state index in [0.717, 1.165) is 50.1 Å². The van der Waals surface area contributed by atoms with Gasteiger partial charge in [0.25, 0.3) is 11.8 Å². The number of nitrogen functional groups attached to an aromatic ring is 1. The number of carboxylic acid groups (broad SMARTS) is 1. The molecule has 0 aromatic carbocycles. The van der Waals surface area contributed by atoms with E-state index in [1.54, 1.807) is 0 Å². The molecule has 1 aliphatic carbocycles. The maximum atomic E-state index is 13.0. The average molecular weight is 467 g/mol. The molecule has 13 heteroatoms. The molecule has 1 aromatic heterocycles. The minimum Gasteiger partial charge on any atom is -0.477 e. The summed E-state index contributed by atoms with van der Waals surface area (Å²) in [5.74, 6) is -1.88. The molecule has 4 rings (SSSR count). The van der Waals surface area contributed by atoms with E-state index in [4.69, 9.17) is 10.6 Å². The number of carboxylic acids is 1. The van der Waals surface area contributed by atoms with Crippen LogP contribution in [0.15, 0.2) is 16.9 Å². The van der Waals surface area contributed by atoms with Crippen LogP contribution in [0.25, 0.3) is 0 Å². The second kappa shape index (κ2) is 9.22. The monoisotopic (exact) mass is 466 g/mol. The van der Waals surface area contributed by atoms with Crippen molar-refractivity contribution in [2.75, 3.05) is 11.5 Å². The van der Waals surface area contributed by atoms with Crippen molar-refractivity contribution in [3.63, 3.8) is 0 Å². The molecule has 0 radical (unpaired) electrons. The number of nitrogens with one attached hydrogen (secondary N) is 1. The minimum absolute atomic E-state index is 0.0275. The predicted molar refractivity (Wildman–Crippen MR) is 114 cm³/mol. The van der Waals surface area contributed by atoms with Crippen molar-refractivity contribution in [3.05, 3.63) is 17.6 Å². The predicted octanol–water partition coefficient (Wildman–Crippen LogP) is 0.932. The van der Waals surface area contributed by atoms with E-state index in [0.29, 0.717) is 5.75 Å². The number of hydrogen-bond acceptors (Lipinski definition) is 10. The van der Waals surface area contributed by atoms with Gasteiger partial charge in [0, 0.05) is 17.3 Å². The molecular formula is C18H22N6O5S2. The molecule has 0 bridgehead atoms. The Morgan fingerprint density at radius 3 is 2.68 bits per heavy atom. The first kappa shape index (κ1) is 21.6. The van der Waals surface area contributed by atoms with E-state index in [1.165, 1.54) is 22.7 Å². The van der Waals surface area contributed by atoms with Crippen LogP contribution in [0.5, 0.6) is 0 Å². The fourth-order valence-corrected chi connectivity index (χ4v) is 5.37. The van der Waals surface area contributed by atoms with Crippen molar-refractivity contribution in [1.82, 2.24) is 19.6 Å². The Morgan fingerprint density at radius 2 is 2.03 bits per heavy atom. The highest BCUT2D eigenvalue weighted by Gasteiger charge is 2.53. The van der Waals surface area contributed by atoms with Crippen LogP contribution in [0, 0.1) is 0 Å². The maximum Gasteiger partial charge on any atom is 0.352 e. The summed E-state index contributed by atoms with van der Waals surface area (Å²) in [7, 11) is 0. The largest absolute Gasteiger partial charge is 0.477 e. The Morgan fingerprint density at radius 1 is 1.29 bits per heavy atom. The third-order valence-corrected chi connectivity index (χ3v) is 7.04. The highest BCUT2D eigenvalue weighted by molar-refractivity contribution is 8.00. The van der Waals surface area contributed by atoms with Crippen molar-refractivity contribution >= 4 is 51.9 Å². The lowest BCUT2D eigenvalue weighted by molar-refractivity contribution is -0.150. The summed E-state index contributed by atoms with van der Waals surface area (Å²) in [5, 5.41) is 15.6. The molecule has 1 unspecified atom stereocenters. The number of carbonyl (C=O) groups excluding carboxylic acids is 2. The summed E-state index contributed by atoms with van der Waals surface area (Å²) in [6, 6.07) is -0.875. The number of aromatic nitrogens is 2. The summed E-state index contributed by atoms with van der Waals surface area (Å²) in [5.41, 5.74) is 5.43. The number of β-lactam (4-membered cyclic amide) rings is 1. The van der Waals surface area contributed by atoms with Gasteiger partial charge in [0.05, 0.1) is 0 Å². The summed E-state index contributed by atoms with van der Waals surface area (Å²) in [6.45, 7) is 0. The Hall–Kier alpha value is -2.67. The van der Waals surface area contributed by atoms with Crippen LogP contribution >= 0.6 is 23.3 Å². The van der Waals surface area contributed by atoms with Crippen LogP contribution < -0.4 is 11.1 Å². The number of carbonyl (C=O) groups is 3. The highest BCUT2D eigenvalue weighted by atomic mass is 32.2. The number of aliphatic carboxylic acids is 1. The molecule has 2 aliphatic heterocycles. The van der Waals surface area contributed by atoms with E-state index < -0.39 is 29.2 Å². The van der Waals surface area contributed by atoms with Gasteiger partial charge in [-0.25, -0.2) is 4.79 Å². The van der Waals surface area contributed by atoms with Gasteiger partial charge >= 0.3 is 5.97 Å². The lowest BCUT2D eigenvalue weighted by Gasteiger charge is -2.48. The molecule has 3 aliphatic rings. The van der Waals surface area contributed by atoms with Crippen molar-refractivity contribution in [2.24, 2.45) is 5.16 Å². The molecule has 1 saturated heterocycles. The third kappa shape index (κ3) is 4.51. The van der Waals surface area contributed by atoms with Gasteiger partial charge in [-0.1, -0.05) is 18.0 Å². The molecule has 4 N–H and O–H groups in total. The number of rotatable bonds is 6. The Kier molecular flexibility index (Phi) is 6.41. The topological polar surface area (TPSA) is 160 Å². The zero-order chi connectivity index (χ0) is 22.0. The summed E-state index contributed by atoms with van der Waals surface area (Å²) >= 11 is 2.29. The molecule has 166 valence electrons. The van der Waals surface area contributed by atoms with Crippen LogP contribution in [0.3, 0.4) is 0 Å². The Labute approximate surface area is 186 Å². The lowest BCUT2D eigenvalue weighted by atomic mass is 10.0. The number of oxime groups is 1. The fourth-order valence-electron chi connectivity index (χ4n) is 3.74. The standard InChI is InChI=1S/C18H22N6O5S2/c19-18-21-13(23-31-18)11(22-29-9-5-3-1-2-4-6-9)14(25)20-12-15(26)24-10(17(27)28)7-8-30-16(12)24/h7,9,12,16H,1-6,8H2,(H,20,25)(H,27,28)(H2,19,21,23)/t12?,16-/m0/s1. The van der Waals surface area contributed by atoms with Gasteiger partial charge in [-0.15, -0.1) is 11.8 Å². The molecule has 2 amide bonds. The third-order valence-electron chi connectivity index (χ3n) is 5.32. The van der Waals surface area contributed by atoms with E-state index in [9.17, 15) is 19.5 Å². The van der Waals surface area contributed by atoms with E-state index in [1.807, 2.05) is 0 Å². The van der Waals surface area contributed by atoms with Crippen molar-refractivity contribution in [3.8, 4) is 0 Å². The Balaban J connectivity index is 1.49. The SMILES string of the molecule is Nc1nc(C(=NOC2CCCCCC2)C(=O)NC2C(=O)N3C(C(=O)O)=CCS[C@@H]23)ns1. The zero-order valence-corrected chi connectivity index (χ0v) is 18.2. The first-order valence-electron chi connectivity index (χ1n) is 9.98. The summed E-state index contributed by atoms with van der Waals surface area (Å²) < 4.78 is 4.05. The van der Waals surface area contributed by atoms with Crippen LogP contribution in [0.1, 0.15) is 44.3 Å². The van der Waals surface area contributed by atoms with E-state index in [-0.39, 0.29) is 28.5 Å². The summed E-state index contributed by atoms with van der Waals surface area (Å²) in [4.78, 5) is 47.7. The van der Waals surface area contributed by atoms with Gasteiger partial charge in [-0.2, -0.15) is 9.36 Å². The van der Waals surface area contributed by atoms with Gasteiger partial charge in [-0.05, 0) is 31.8 Å². The molecule has 1 aromatic rings. The number of nitrogens with zero attached hydrogens (tertiary/aromatic N) is 4. The second-order valence-electron chi connectivity index (χ2n) is 7.39. The Bertz CT molecular complexity index is 940. The number of thioether (sulfide) groups is 1. The van der Waals surface area contributed by atoms with Gasteiger partial charge in [0.15, 0.2) is 5.13 Å². The normalized spacial score (nSPS) is 24.5. The fraction of sp³-hybridized carbons (Fsp3) is 0.556. The summed E-state index contributed by atoms with van der Waals surface area (Å²) in [6.07, 6.45) is 7.45. The molecule has 2 fully saturated rings. The molecule has 11 nitrogen and oxygen atoms in total. The number of hydrogen-bond donors (Lipinski definition) is 3. The second-order valence-corrected chi connectivity index (χ2v) is 9.33. The number of anilines is 1. The number of amides is 2. The quantitative estimate of drug-likeness (QED) is 0.240. The molecule has 2 atom stereocenters.